The van der Waals surface area contributed by atoms with E-state index in [2.05, 4.69) is 20.0 Å². The molecule has 2 aromatic heterocycles. The smallest absolute Gasteiger partial charge is 0.236 e. The van der Waals surface area contributed by atoms with Crippen LogP contribution in [0.2, 0.25) is 0 Å². The van der Waals surface area contributed by atoms with Crippen LogP contribution in [0.25, 0.3) is 0 Å². The molecule has 2 aliphatic heterocycles. The van der Waals surface area contributed by atoms with Crippen LogP contribution in [0.15, 0.2) is 18.5 Å². The zero-order chi connectivity index (χ0) is 22.9. The number of likely N-dealkylation sites (N-methyl/N-ethyl adjacent to an activating group) is 1. The Kier molecular flexibility index (Phi) is 6.47. The van der Waals surface area contributed by atoms with E-state index in [1.165, 1.54) is 0 Å². The Morgan fingerprint density at radius 1 is 1.16 bits per heavy atom. The minimum absolute atomic E-state index is 0.0933. The molecule has 0 bridgehead atoms. The number of carbonyl (C=O) groups excluding carboxylic acids is 1. The van der Waals surface area contributed by atoms with E-state index in [4.69, 9.17) is 0 Å². The molecular weight excluding hydrogens is 430 g/mol. The number of anilines is 1. The Morgan fingerprint density at radius 2 is 1.84 bits per heavy atom. The molecule has 32 heavy (non-hydrogen) atoms. The van der Waals surface area contributed by atoms with Gasteiger partial charge in [0.25, 0.3) is 0 Å². The predicted octanol–water partition coefficient (Wildman–Crippen LogP) is 0.430. The lowest BCUT2D eigenvalue weighted by atomic mass is 10.1. The van der Waals surface area contributed by atoms with Crippen LogP contribution >= 0.6 is 0 Å². The molecule has 2 aromatic rings. The van der Waals surface area contributed by atoms with Crippen molar-refractivity contribution in [3.8, 4) is 0 Å². The van der Waals surface area contributed by atoms with Crippen molar-refractivity contribution >= 4 is 21.7 Å². The molecule has 0 aromatic carbocycles. The van der Waals surface area contributed by atoms with Crippen LogP contribution in [0.1, 0.15) is 29.4 Å². The van der Waals surface area contributed by atoms with E-state index in [1.54, 1.807) is 18.5 Å². The highest BCUT2D eigenvalue weighted by Crippen LogP contribution is 2.27. The first-order chi connectivity index (χ1) is 15.2. The highest BCUT2D eigenvalue weighted by molar-refractivity contribution is 7.91. The maximum atomic E-state index is 12.8. The van der Waals surface area contributed by atoms with Crippen molar-refractivity contribution in [2.75, 3.05) is 56.2 Å². The number of aryl methyl sites for hydroxylation is 1. The van der Waals surface area contributed by atoms with E-state index >= 15 is 0 Å². The number of aromatic nitrogens is 4. The van der Waals surface area contributed by atoms with Crippen LogP contribution in [0.5, 0.6) is 0 Å². The summed E-state index contributed by atoms with van der Waals surface area (Å²) in [6.07, 6.45) is 4.07. The Hall–Kier alpha value is -2.53. The van der Waals surface area contributed by atoms with E-state index < -0.39 is 9.84 Å². The van der Waals surface area contributed by atoms with Crippen molar-refractivity contribution < 1.29 is 13.2 Å². The van der Waals surface area contributed by atoms with Gasteiger partial charge in [-0.3, -0.25) is 14.4 Å². The maximum absolute atomic E-state index is 12.8. The van der Waals surface area contributed by atoms with Gasteiger partial charge >= 0.3 is 0 Å². The first kappa shape index (κ1) is 22.7. The third-order valence-corrected chi connectivity index (χ3v) is 8.08. The van der Waals surface area contributed by atoms with Crippen LogP contribution < -0.4 is 4.90 Å². The van der Waals surface area contributed by atoms with E-state index in [-0.39, 0.29) is 23.5 Å². The van der Waals surface area contributed by atoms with Gasteiger partial charge in [0.1, 0.15) is 0 Å². The summed E-state index contributed by atoms with van der Waals surface area (Å²) in [6, 6.07) is 1.70. The second-order valence-electron chi connectivity index (χ2n) is 8.74. The molecule has 0 saturated carbocycles. The Morgan fingerprint density at radius 3 is 2.47 bits per heavy atom. The fourth-order valence-corrected chi connectivity index (χ4v) is 6.21. The van der Waals surface area contributed by atoms with Crippen molar-refractivity contribution in [1.82, 2.24) is 29.5 Å². The first-order valence-electron chi connectivity index (χ1n) is 11.0. The van der Waals surface area contributed by atoms with Crippen LogP contribution in [0, 0.1) is 13.8 Å². The van der Waals surface area contributed by atoms with Gasteiger partial charge in [-0.15, -0.1) is 0 Å². The fraction of sp³-hybridized carbons (Fsp3) is 0.619. The second-order valence-corrected chi connectivity index (χ2v) is 11.0. The lowest BCUT2D eigenvalue weighted by molar-refractivity contribution is -0.132. The van der Waals surface area contributed by atoms with E-state index in [9.17, 15) is 13.2 Å². The van der Waals surface area contributed by atoms with Crippen molar-refractivity contribution in [1.29, 1.82) is 0 Å². The Bertz CT molecular complexity index is 1060. The molecule has 0 radical (unpaired) electrons. The number of piperazine rings is 1. The number of nitrogens with zero attached hydrogens (tertiary/aromatic N) is 7. The third-order valence-electron chi connectivity index (χ3n) is 6.33. The van der Waals surface area contributed by atoms with E-state index in [1.807, 2.05) is 35.4 Å². The number of carbonyl (C=O) groups is 1. The average Bonchev–Trinajstić information content (AvgIpc) is 3.27. The molecule has 11 heteroatoms. The molecule has 0 aliphatic carbocycles. The number of sulfone groups is 1. The lowest BCUT2D eigenvalue weighted by Crippen LogP contribution is -2.51. The monoisotopic (exact) mass is 461 g/mol. The summed E-state index contributed by atoms with van der Waals surface area (Å²) in [5.41, 5.74) is 2.94. The van der Waals surface area contributed by atoms with Crippen molar-refractivity contribution in [3.63, 3.8) is 0 Å². The van der Waals surface area contributed by atoms with Gasteiger partial charge in [-0.25, -0.2) is 18.4 Å². The highest BCUT2D eigenvalue weighted by atomic mass is 32.2. The molecule has 2 saturated heterocycles. The second kappa shape index (κ2) is 9.14. The summed E-state index contributed by atoms with van der Waals surface area (Å²) in [6.45, 7) is 7.59. The minimum atomic E-state index is -2.97. The topological polar surface area (TPSA) is 105 Å². The Labute approximate surface area is 189 Å². The van der Waals surface area contributed by atoms with E-state index in [0.29, 0.717) is 38.5 Å². The quantitative estimate of drug-likeness (QED) is 0.610. The van der Waals surface area contributed by atoms with Crippen LogP contribution in [-0.4, -0.2) is 95.2 Å². The SMILES string of the molecule is Cc1nn([C@@H]2CCS(=O)(=O)C2)c(C)c1CN(C)CC(=O)N1CCN(c2ncccn2)CC1. The minimum Gasteiger partial charge on any atom is -0.338 e. The number of hydrogen-bond donors (Lipinski definition) is 0. The highest BCUT2D eigenvalue weighted by Gasteiger charge is 2.31. The van der Waals surface area contributed by atoms with Gasteiger partial charge in [0.15, 0.2) is 9.84 Å². The van der Waals surface area contributed by atoms with Gasteiger partial charge in [0.05, 0.1) is 29.8 Å². The fourth-order valence-electron chi connectivity index (χ4n) is 4.52. The summed E-state index contributed by atoms with van der Waals surface area (Å²) >= 11 is 0. The molecule has 0 unspecified atom stereocenters. The number of hydrogen-bond acceptors (Lipinski definition) is 8. The summed E-state index contributed by atoms with van der Waals surface area (Å²) in [4.78, 5) is 27.4. The molecule has 2 aliphatic rings. The molecule has 0 spiro atoms. The maximum Gasteiger partial charge on any atom is 0.236 e. The van der Waals surface area contributed by atoms with Gasteiger partial charge < -0.3 is 9.80 Å². The Balaban J connectivity index is 1.32. The summed E-state index contributed by atoms with van der Waals surface area (Å²) in [5, 5.41) is 4.63. The molecule has 4 rings (SSSR count). The van der Waals surface area contributed by atoms with Gasteiger partial charge in [-0.1, -0.05) is 0 Å². The largest absolute Gasteiger partial charge is 0.338 e. The molecule has 174 valence electrons. The average molecular weight is 462 g/mol. The van der Waals surface area contributed by atoms with Crippen LogP contribution in [0.3, 0.4) is 0 Å². The molecule has 1 amide bonds. The normalized spacial score (nSPS) is 20.8. The van der Waals surface area contributed by atoms with E-state index in [0.717, 1.165) is 30.0 Å². The number of rotatable bonds is 6. The summed E-state index contributed by atoms with van der Waals surface area (Å²) < 4.78 is 25.6. The predicted molar refractivity (Wildman–Crippen MR) is 121 cm³/mol. The van der Waals surface area contributed by atoms with Crippen LogP contribution in [0.4, 0.5) is 5.95 Å². The van der Waals surface area contributed by atoms with Crippen molar-refractivity contribution in [3.05, 3.63) is 35.4 Å². The van der Waals surface area contributed by atoms with Gasteiger partial charge in [0.2, 0.25) is 11.9 Å². The summed E-state index contributed by atoms with van der Waals surface area (Å²) in [5.74, 6) is 1.19. The van der Waals surface area contributed by atoms with Gasteiger partial charge in [0, 0.05) is 56.4 Å². The van der Waals surface area contributed by atoms with Gasteiger partial charge in [-0.05, 0) is 33.4 Å². The first-order valence-corrected chi connectivity index (χ1v) is 12.8. The van der Waals surface area contributed by atoms with Crippen molar-refractivity contribution in [2.24, 2.45) is 0 Å². The molecule has 2 fully saturated rings. The standard InChI is InChI=1S/C21H31N7O3S/c1-16-19(17(2)28(24-16)18-5-12-32(30,31)15-18)13-25(3)14-20(29)26-8-10-27(11-9-26)21-22-6-4-7-23-21/h4,6-7,18H,5,8-15H2,1-3H3/t18-/m1/s1. The molecular formula is C21H31N7O3S. The molecule has 4 heterocycles. The third kappa shape index (κ3) is 4.93. The molecule has 1 atom stereocenters. The van der Waals surface area contributed by atoms with Gasteiger partial charge in [-0.2, -0.15) is 5.10 Å². The lowest BCUT2D eigenvalue weighted by Gasteiger charge is -2.35. The number of amides is 1. The van der Waals surface area contributed by atoms with Crippen molar-refractivity contribution in [2.45, 2.75) is 32.9 Å². The zero-order valence-corrected chi connectivity index (χ0v) is 19.8. The zero-order valence-electron chi connectivity index (χ0n) is 18.9. The summed E-state index contributed by atoms with van der Waals surface area (Å²) in [7, 11) is -1.04. The molecule has 10 nitrogen and oxygen atoms in total. The molecule has 0 N–H and O–H groups in total. The van der Waals surface area contributed by atoms with Crippen LogP contribution in [-0.2, 0) is 21.2 Å².